The molecule has 1 amide bonds. The fourth-order valence-electron chi connectivity index (χ4n) is 5.36. The molecule has 4 aromatic rings. The van der Waals surface area contributed by atoms with Crippen LogP contribution in [0.3, 0.4) is 0 Å². The van der Waals surface area contributed by atoms with E-state index < -0.39 is 0 Å². The number of para-hydroxylation sites is 2. The largest absolute Gasteiger partial charge is 0.494 e. The van der Waals surface area contributed by atoms with Crippen molar-refractivity contribution < 1.29 is 9.53 Å². The van der Waals surface area contributed by atoms with Gasteiger partial charge in [0.25, 0.3) is 0 Å². The summed E-state index contributed by atoms with van der Waals surface area (Å²) < 4.78 is 8.35. The number of amides is 1. The zero-order chi connectivity index (χ0) is 26.5. The first-order valence-corrected chi connectivity index (χ1v) is 14.1. The summed E-state index contributed by atoms with van der Waals surface area (Å²) >= 11 is 0. The van der Waals surface area contributed by atoms with Crippen molar-refractivity contribution in [2.45, 2.75) is 71.3 Å². The van der Waals surface area contributed by atoms with Crippen LogP contribution >= 0.6 is 0 Å². The molecule has 5 heteroatoms. The summed E-state index contributed by atoms with van der Waals surface area (Å²) in [6, 6.07) is 25.2. The van der Waals surface area contributed by atoms with Gasteiger partial charge in [-0.2, -0.15) is 0 Å². The van der Waals surface area contributed by atoms with E-state index in [-0.39, 0.29) is 11.8 Å². The number of fused-ring (bicyclic) bond motifs is 1. The predicted molar refractivity (Wildman–Crippen MR) is 155 cm³/mol. The van der Waals surface area contributed by atoms with Gasteiger partial charge in [-0.3, -0.25) is 4.79 Å². The summed E-state index contributed by atoms with van der Waals surface area (Å²) in [5.74, 6) is 2.66. The van der Waals surface area contributed by atoms with Crippen LogP contribution in [0.2, 0.25) is 0 Å². The van der Waals surface area contributed by atoms with Crippen molar-refractivity contribution in [1.29, 1.82) is 0 Å². The molecule has 1 saturated heterocycles. The second-order valence-corrected chi connectivity index (χ2v) is 10.7. The second-order valence-electron chi connectivity index (χ2n) is 10.7. The highest BCUT2D eigenvalue weighted by Crippen LogP contribution is 2.33. The van der Waals surface area contributed by atoms with Gasteiger partial charge in [0.15, 0.2) is 0 Å². The Morgan fingerprint density at radius 3 is 2.47 bits per heavy atom. The lowest BCUT2D eigenvalue weighted by atomic mass is 10.0. The van der Waals surface area contributed by atoms with Crippen LogP contribution in [0.5, 0.6) is 5.75 Å². The maximum atomic E-state index is 13.1. The summed E-state index contributed by atoms with van der Waals surface area (Å²) in [6.07, 6.45) is 4.81. The van der Waals surface area contributed by atoms with Crippen LogP contribution in [0.15, 0.2) is 72.8 Å². The Balaban J connectivity index is 1.27. The molecule has 1 fully saturated rings. The van der Waals surface area contributed by atoms with Crippen LogP contribution in [0.1, 0.15) is 75.2 Å². The first-order chi connectivity index (χ1) is 18.5. The Hall–Kier alpha value is -3.60. The summed E-state index contributed by atoms with van der Waals surface area (Å²) in [5.41, 5.74) is 5.74. The van der Waals surface area contributed by atoms with Crippen molar-refractivity contribution in [2.24, 2.45) is 0 Å². The third kappa shape index (κ3) is 5.77. The molecule has 0 spiro atoms. The number of unbranched alkanes of at least 4 members (excludes halogenated alkanes) is 1. The minimum absolute atomic E-state index is 0.0687. The third-order valence-corrected chi connectivity index (χ3v) is 7.58. The molecule has 0 bridgehead atoms. The van der Waals surface area contributed by atoms with Crippen molar-refractivity contribution in [3.63, 3.8) is 0 Å². The molecule has 5 nitrogen and oxygen atoms in total. The number of hydrogen-bond acceptors (Lipinski definition) is 3. The first kappa shape index (κ1) is 26.0. The van der Waals surface area contributed by atoms with Crippen molar-refractivity contribution in [3.8, 4) is 5.75 Å². The topological polar surface area (TPSA) is 47.4 Å². The molecule has 0 saturated carbocycles. The van der Waals surface area contributed by atoms with Crippen LogP contribution < -0.4 is 9.64 Å². The number of nitrogens with zero attached hydrogens (tertiary/aromatic N) is 3. The zero-order valence-corrected chi connectivity index (χ0v) is 22.9. The van der Waals surface area contributed by atoms with Gasteiger partial charge in [-0.25, -0.2) is 4.98 Å². The molecule has 3 aromatic carbocycles. The smallest absolute Gasteiger partial charge is 0.227 e. The zero-order valence-electron chi connectivity index (χ0n) is 22.9. The molecule has 1 aliphatic heterocycles. The molecule has 0 aliphatic carbocycles. The predicted octanol–water partition coefficient (Wildman–Crippen LogP) is 7.49. The maximum absolute atomic E-state index is 13.1. The summed E-state index contributed by atoms with van der Waals surface area (Å²) in [5, 5.41) is 0. The number of hydrogen-bond donors (Lipinski definition) is 0. The molecule has 0 N–H and O–H groups in total. The number of rotatable bonds is 11. The van der Waals surface area contributed by atoms with E-state index >= 15 is 0 Å². The molecular weight excluding hydrogens is 470 g/mol. The third-order valence-electron chi connectivity index (χ3n) is 7.58. The lowest BCUT2D eigenvalue weighted by Gasteiger charge is -2.18. The number of ether oxygens (including phenoxy) is 1. The Kier molecular flexibility index (Phi) is 8.11. The van der Waals surface area contributed by atoms with Crippen LogP contribution in [-0.2, 0) is 17.8 Å². The van der Waals surface area contributed by atoms with Crippen LogP contribution in [0, 0.1) is 0 Å². The van der Waals surface area contributed by atoms with Crippen molar-refractivity contribution in [2.75, 3.05) is 18.1 Å². The first-order valence-electron chi connectivity index (χ1n) is 14.1. The highest BCUT2D eigenvalue weighted by molar-refractivity contribution is 5.96. The second kappa shape index (κ2) is 11.8. The number of benzene rings is 3. The minimum Gasteiger partial charge on any atom is -0.494 e. The Bertz CT molecular complexity index is 1360. The molecule has 198 valence electrons. The summed E-state index contributed by atoms with van der Waals surface area (Å²) in [4.78, 5) is 20.0. The highest BCUT2D eigenvalue weighted by atomic mass is 16.5. The van der Waals surface area contributed by atoms with Gasteiger partial charge in [-0.15, -0.1) is 0 Å². The molecule has 5 rings (SSSR count). The number of aryl methyl sites for hydroxylation is 2. The molecule has 38 heavy (non-hydrogen) atoms. The SMILES string of the molecule is CCCCc1ccc(N2CC(c3nc4ccccc4n3CCCOc3ccc(C(C)C)cc3)CC2=O)cc1. The molecule has 1 atom stereocenters. The van der Waals surface area contributed by atoms with E-state index in [9.17, 15) is 4.79 Å². The number of carbonyl (C=O) groups is 1. The lowest BCUT2D eigenvalue weighted by molar-refractivity contribution is -0.117. The Morgan fingerprint density at radius 1 is 0.974 bits per heavy atom. The molecule has 0 radical (unpaired) electrons. The summed E-state index contributed by atoms with van der Waals surface area (Å²) in [6.45, 7) is 8.71. The average Bonchev–Trinajstić information content (AvgIpc) is 3.51. The van der Waals surface area contributed by atoms with Gasteiger partial charge in [-0.1, -0.05) is 63.6 Å². The standard InChI is InChI=1S/C33H39N3O2/c1-4-5-9-25-12-16-28(17-13-25)36-23-27(22-32(36)37)33-34-30-10-6-7-11-31(30)35(33)20-8-21-38-29-18-14-26(15-19-29)24(2)3/h6-7,10-19,24,27H,4-5,8-9,20-23H2,1-3H3. The van der Waals surface area contributed by atoms with Crippen molar-refractivity contribution in [1.82, 2.24) is 9.55 Å². The van der Waals surface area contributed by atoms with Gasteiger partial charge in [0.1, 0.15) is 11.6 Å². The summed E-state index contributed by atoms with van der Waals surface area (Å²) in [7, 11) is 0. The van der Waals surface area contributed by atoms with Crippen molar-refractivity contribution >= 4 is 22.6 Å². The van der Waals surface area contributed by atoms with E-state index in [1.54, 1.807) is 0 Å². The monoisotopic (exact) mass is 509 g/mol. The maximum Gasteiger partial charge on any atom is 0.227 e. The van der Waals surface area contributed by atoms with Gasteiger partial charge in [0, 0.05) is 31.1 Å². The molecule has 1 aromatic heterocycles. The van der Waals surface area contributed by atoms with E-state index in [4.69, 9.17) is 9.72 Å². The van der Waals surface area contributed by atoms with Gasteiger partial charge >= 0.3 is 0 Å². The van der Waals surface area contributed by atoms with Crippen LogP contribution in [-0.4, -0.2) is 28.6 Å². The molecule has 1 aliphatic rings. The van der Waals surface area contributed by atoms with Gasteiger partial charge in [0.2, 0.25) is 5.91 Å². The Morgan fingerprint density at radius 2 is 1.74 bits per heavy atom. The molecule has 2 heterocycles. The van der Waals surface area contributed by atoms with Gasteiger partial charge < -0.3 is 14.2 Å². The van der Waals surface area contributed by atoms with Crippen molar-refractivity contribution in [3.05, 3.63) is 89.7 Å². The quantitative estimate of drug-likeness (QED) is 0.197. The number of aromatic nitrogens is 2. The van der Waals surface area contributed by atoms with E-state index in [0.29, 0.717) is 25.5 Å². The minimum atomic E-state index is 0.0687. The van der Waals surface area contributed by atoms with E-state index in [0.717, 1.165) is 47.7 Å². The van der Waals surface area contributed by atoms with Gasteiger partial charge in [-0.05, 0) is 72.7 Å². The fraction of sp³-hybridized carbons (Fsp3) is 0.394. The molecular formula is C33H39N3O2. The number of carbonyl (C=O) groups excluding carboxylic acids is 1. The average molecular weight is 510 g/mol. The van der Waals surface area contributed by atoms with E-state index in [2.05, 4.69) is 92.1 Å². The normalized spacial score (nSPS) is 15.6. The van der Waals surface area contributed by atoms with E-state index in [1.807, 2.05) is 11.0 Å². The molecule has 1 unspecified atom stereocenters. The Labute approximate surface area is 226 Å². The number of anilines is 1. The highest BCUT2D eigenvalue weighted by Gasteiger charge is 2.34. The number of imidazole rings is 1. The van der Waals surface area contributed by atoms with Crippen LogP contribution in [0.25, 0.3) is 11.0 Å². The van der Waals surface area contributed by atoms with Gasteiger partial charge in [0.05, 0.1) is 17.6 Å². The van der Waals surface area contributed by atoms with Crippen LogP contribution in [0.4, 0.5) is 5.69 Å². The lowest BCUT2D eigenvalue weighted by Crippen LogP contribution is -2.24. The van der Waals surface area contributed by atoms with E-state index in [1.165, 1.54) is 24.0 Å². The fourth-order valence-corrected chi connectivity index (χ4v) is 5.36.